The summed E-state index contributed by atoms with van der Waals surface area (Å²) in [7, 11) is 1.22. The van der Waals surface area contributed by atoms with Crippen LogP contribution in [-0.4, -0.2) is 103 Å². The number of nitrogens with one attached hydrogen (secondary N) is 1. The van der Waals surface area contributed by atoms with Crippen molar-refractivity contribution in [2.45, 2.75) is 69.3 Å². The molecular weight excluding hydrogens is 709 g/mol. The minimum atomic E-state index is -3.62. The molecule has 6 aromatic rings. The molecular formula is C31H36FN9O12. The zero-order chi connectivity index (χ0) is 39.0. The van der Waals surface area contributed by atoms with Crippen molar-refractivity contribution in [1.82, 2.24) is 38.7 Å². The fourth-order valence-corrected chi connectivity index (χ4v) is 6.51. The molecule has 21 nitrogen and oxygen atoms in total. The van der Waals surface area contributed by atoms with Gasteiger partial charge in [0.2, 0.25) is 5.95 Å². The maximum atomic E-state index is 15.8. The largest absolute Gasteiger partial charge is 0.453 e. The lowest BCUT2D eigenvalue weighted by atomic mass is 9.98. The number of aromatic amines is 1. The van der Waals surface area contributed by atoms with Crippen LogP contribution in [0.2, 0.25) is 0 Å². The Morgan fingerprint density at radius 3 is 2.21 bits per heavy atom. The van der Waals surface area contributed by atoms with Gasteiger partial charge in [0.1, 0.15) is 11.2 Å². The Morgan fingerprint density at radius 2 is 1.64 bits per heavy atom. The first-order chi connectivity index (χ1) is 24.6. The summed E-state index contributed by atoms with van der Waals surface area (Å²) in [5.41, 5.74) is 1.39. The number of aromatic nitrogens is 8. The molecule has 0 aliphatic heterocycles. The van der Waals surface area contributed by atoms with E-state index < -0.39 is 47.5 Å². The molecule has 5 aromatic heterocycles. The molecule has 0 saturated heterocycles. The van der Waals surface area contributed by atoms with Gasteiger partial charge in [-0.15, -0.1) is 5.10 Å². The highest BCUT2D eigenvalue weighted by Crippen LogP contribution is 2.44. The van der Waals surface area contributed by atoms with E-state index in [0.717, 1.165) is 39.1 Å². The number of fused-ring (bicyclic) bond motifs is 4. The lowest BCUT2D eigenvalue weighted by Gasteiger charge is -2.33. The average Bonchev–Trinajstić information content (AvgIpc) is 3.87. The number of rotatable bonds is 7. The molecule has 0 radical (unpaired) electrons. The summed E-state index contributed by atoms with van der Waals surface area (Å²) >= 11 is 0. The fraction of sp³-hybridized carbons (Fsp3) is 0.387. The van der Waals surface area contributed by atoms with E-state index in [9.17, 15) is 55.5 Å². The second-order valence-electron chi connectivity index (χ2n) is 13.0. The molecule has 1 aliphatic carbocycles. The quantitative estimate of drug-likeness (QED) is 0.0872. The molecule has 1 amide bonds. The molecule has 22 heteroatoms. The zero-order valence-corrected chi connectivity index (χ0v) is 28.2. The molecule has 0 unspecified atom stereocenters. The minimum Gasteiger partial charge on any atom is -0.453 e. The number of halogens is 1. The van der Waals surface area contributed by atoms with Gasteiger partial charge < -0.3 is 61.4 Å². The number of carbonyl (C=O) groups excluding carboxylic acids is 1. The third-order valence-electron chi connectivity index (χ3n) is 9.07. The number of ether oxygens (including phenoxy) is 1. The molecule has 284 valence electrons. The van der Waals surface area contributed by atoms with Crippen LogP contribution in [0.3, 0.4) is 0 Å². The van der Waals surface area contributed by atoms with Crippen LogP contribution in [0.1, 0.15) is 45.6 Å². The first kappa shape index (κ1) is 37.5. The molecule has 1 fully saturated rings. The van der Waals surface area contributed by atoms with Crippen LogP contribution in [0, 0.1) is 5.95 Å². The number of amides is 1. The Hall–Kier alpha value is -5.30. The number of hydrogen-bond donors (Lipinski definition) is 11. The van der Waals surface area contributed by atoms with Crippen molar-refractivity contribution < 1.29 is 59.9 Å². The molecule has 1 aliphatic rings. The van der Waals surface area contributed by atoms with Crippen molar-refractivity contribution in [3.8, 4) is 22.4 Å². The van der Waals surface area contributed by atoms with E-state index in [1.165, 1.54) is 36.1 Å². The summed E-state index contributed by atoms with van der Waals surface area (Å²) in [4.78, 5) is 30.5. The van der Waals surface area contributed by atoms with Crippen molar-refractivity contribution >= 4 is 39.1 Å². The Morgan fingerprint density at radius 1 is 1.00 bits per heavy atom. The van der Waals surface area contributed by atoms with Crippen molar-refractivity contribution in [2.24, 2.45) is 5.73 Å². The van der Waals surface area contributed by atoms with Crippen LogP contribution in [0.5, 0.6) is 0 Å². The summed E-state index contributed by atoms with van der Waals surface area (Å²) < 4.78 is 22.3. The summed E-state index contributed by atoms with van der Waals surface area (Å²) in [6.45, 7) is 2.15. The van der Waals surface area contributed by atoms with Crippen LogP contribution < -0.4 is 11.4 Å². The molecule has 53 heavy (non-hydrogen) atoms. The zero-order valence-electron chi connectivity index (χ0n) is 28.2. The number of nitrogens with two attached hydrogens (primary N) is 1. The molecule has 7 rings (SSSR count). The van der Waals surface area contributed by atoms with Crippen LogP contribution in [0.15, 0.2) is 41.6 Å². The van der Waals surface area contributed by atoms with Gasteiger partial charge in [0.25, 0.3) is 5.91 Å². The van der Waals surface area contributed by atoms with Crippen molar-refractivity contribution in [2.75, 3.05) is 7.11 Å². The molecule has 0 atom stereocenters. The fourth-order valence-electron chi connectivity index (χ4n) is 6.51. The first-order valence-corrected chi connectivity index (χ1v) is 15.9. The highest BCUT2D eigenvalue weighted by atomic mass is 19.1. The Kier molecular flexibility index (Phi) is 8.96. The van der Waals surface area contributed by atoms with E-state index in [1.54, 1.807) is 0 Å². The minimum absolute atomic E-state index is 0.0470. The lowest BCUT2D eigenvalue weighted by molar-refractivity contribution is -0.378. The molecule has 1 saturated carbocycles. The van der Waals surface area contributed by atoms with E-state index in [2.05, 4.69) is 30.6 Å². The van der Waals surface area contributed by atoms with Gasteiger partial charge in [0, 0.05) is 23.2 Å². The summed E-state index contributed by atoms with van der Waals surface area (Å²) in [6.07, 6.45) is -1.79. The smallest absolute Gasteiger partial charge is 0.404 e. The van der Waals surface area contributed by atoms with Gasteiger partial charge in [0.15, 0.2) is 0 Å². The summed E-state index contributed by atoms with van der Waals surface area (Å²) in [5, 5.41) is 99.6. The van der Waals surface area contributed by atoms with E-state index in [4.69, 9.17) is 0 Å². The predicted octanol–water partition coefficient (Wildman–Crippen LogP) is -1.02. The van der Waals surface area contributed by atoms with Crippen LogP contribution >= 0.6 is 0 Å². The number of H-pyrrole nitrogens is 1. The monoisotopic (exact) mass is 745 g/mol. The van der Waals surface area contributed by atoms with Gasteiger partial charge in [-0.2, -0.15) is 14.2 Å². The highest BCUT2D eigenvalue weighted by Gasteiger charge is 2.44. The van der Waals surface area contributed by atoms with E-state index in [1.807, 2.05) is 0 Å². The van der Waals surface area contributed by atoms with Crippen molar-refractivity contribution in [3.05, 3.63) is 53.2 Å². The Bertz CT molecular complexity index is 2420. The highest BCUT2D eigenvalue weighted by molar-refractivity contribution is 6.14. The number of imidazole rings is 1. The number of hydrogen-bond acceptors (Lipinski definition) is 15. The first-order valence-electron chi connectivity index (χ1n) is 15.9. The van der Waals surface area contributed by atoms with Crippen molar-refractivity contribution in [1.29, 1.82) is 0 Å². The maximum absolute atomic E-state index is 15.8. The van der Waals surface area contributed by atoms with Gasteiger partial charge in [-0.05, 0) is 44.4 Å². The third-order valence-corrected chi connectivity index (χ3v) is 9.07. The summed E-state index contributed by atoms with van der Waals surface area (Å²) in [5.74, 6) is -4.28. The molecule has 5 heterocycles. The second kappa shape index (κ2) is 12.7. The number of pyridine rings is 1. The number of methoxy groups -OCH3 is 1. The topological polar surface area (TPSA) is 326 Å². The third kappa shape index (κ3) is 6.30. The molecule has 1 aromatic carbocycles. The number of nitrogens with zero attached hydrogens (tertiary/aromatic N) is 7. The van der Waals surface area contributed by atoms with E-state index in [-0.39, 0.29) is 55.4 Å². The number of primary amides is 1. The standard InChI is InChI=1S/C29H31FN8O10.C2H5NO2/c1-26(2,40)27(41,42)35-12-16(23(30)34-35)21-19(13-7-8-17-14(9-13)10-32-38(17)29(46,47)48)20-22-18(11-31-24(20)33-21)37(28(43,44)45)25(39)36(22)15-5-3-4-6-15;1-5-2(3)4/h7-12,15,40-48H,3-6H2,1-2H3,(H,31,33);1H3,(H2,3,4). The summed E-state index contributed by atoms with van der Waals surface area (Å²) in [6, 6.07) is 3.91. The van der Waals surface area contributed by atoms with Crippen LogP contribution in [0.25, 0.3) is 55.4 Å². The predicted molar refractivity (Wildman–Crippen MR) is 178 cm³/mol. The van der Waals surface area contributed by atoms with Gasteiger partial charge in [-0.1, -0.05) is 18.9 Å². The van der Waals surface area contributed by atoms with Gasteiger partial charge in [0.05, 0.1) is 52.7 Å². The number of carbonyl (C=O) groups is 1. The lowest BCUT2D eigenvalue weighted by Crippen LogP contribution is -2.52. The SMILES string of the molecule is CC(C)(O)C(O)(O)n1cc(-c2[nH]c3ncc4c(c3c2-c2ccc3c(cnn3C(O)(O)O)c2)n(C2CCCC2)c(=O)n4C(O)(O)O)c(F)n1.COC(N)=O. The number of benzene rings is 1. The molecule has 0 spiro atoms. The van der Waals surface area contributed by atoms with Crippen molar-refractivity contribution in [3.63, 3.8) is 0 Å². The van der Waals surface area contributed by atoms with Crippen LogP contribution in [0.4, 0.5) is 9.18 Å². The van der Waals surface area contributed by atoms with E-state index >= 15 is 4.39 Å². The normalized spacial score (nSPS) is 14.7. The Labute approximate surface area is 295 Å². The molecule has 12 N–H and O–H groups in total. The number of aliphatic hydroxyl groups is 9. The van der Waals surface area contributed by atoms with Gasteiger partial charge in [-0.3, -0.25) is 4.57 Å². The second-order valence-corrected chi connectivity index (χ2v) is 13.0. The van der Waals surface area contributed by atoms with E-state index in [0.29, 0.717) is 26.8 Å². The van der Waals surface area contributed by atoms with Gasteiger partial charge in [-0.25, -0.2) is 23.8 Å². The average molecular weight is 746 g/mol. The van der Waals surface area contributed by atoms with Crippen LogP contribution in [-0.2, 0) is 22.8 Å². The Balaban J connectivity index is 0.000000902. The molecule has 0 bridgehead atoms. The van der Waals surface area contributed by atoms with Gasteiger partial charge >= 0.3 is 24.0 Å². The maximum Gasteiger partial charge on any atom is 0.404 e.